The maximum Gasteiger partial charge on any atom is 0.0733 e. The lowest BCUT2D eigenvalue weighted by Crippen LogP contribution is -2.29. The summed E-state index contributed by atoms with van der Waals surface area (Å²) in [5.41, 5.74) is 8.58. The number of anilines is 1. The van der Waals surface area contributed by atoms with Gasteiger partial charge in [-0.15, -0.1) is 0 Å². The molecule has 3 heteroatoms. The van der Waals surface area contributed by atoms with E-state index in [9.17, 15) is 0 Å². The van der Waals surface area contributed by atoms with E-state index in [1.165, 1.54) is 24.1 Å². The summed E-state index contributed by atoms with van der Waals surface area (Å²) in [4.78, 5) is 2.96. The Kier molecular flexibility index (Phi) is 3.38. The second-order valence-corrected chi connectivity index (χ2v) is 5.86. The lowest BCUT2D eigenvalue weighted by Gasteiger charge is -2.25. The predicted molar refractivity (Wildman–Crippen MR) is 77.5 cm³/mol. The molecular formula is C14H20N2S. The van der Waals surface area contributed by atoms with Crippen LogP contribution in [0.25, 0.3) is 0 Å². The fourth-order valence-electron chi connectivity index (χ4n) is 2.33. The van der Waals surface area contributed by atoms with Gasteiger partial charge in [0, 0.05) is 25.7 Å². The smallest absolute Gasteiger partial charge is 0.0733 e. The van der Waals surface area contributed by atoms with Gasteiger partial charge in [0.2, 0.25) is 0 Å². The maximum absolute atomic E-state index is 5.67. The third-order valence-corrected chi connectivity index (χ3v) is 3.70. The lowest BCUT2D eigenvalue weighted by molar-refractivity contribution is 0.533. The van der Waals surface area contributed by atoms with Crippen molar-refractivity contribution in [3.05, 3.63) is 29.8 Å². The minimum atomic E-state index is 0.353. The van der Waals surface area contributed by atoms with Crippen molar-refractivity contribution in [2.75, 3.05) is 18.5 Å². The number of nitrogens with two attached hydrogens (primary N) is 1. The van der Waals surface area contributed by atoms with Crippen molar-refractivity contribution in [3.8, 4) is 0 Å². The fourth-order valence-corrected chi connectivity index (χ4v) is 2.64. The molecule has 0 aliphatic heterocycles. The van der Waals surface area contributed by atoms with E-state index in [0.717, 1.165) is 13.0 Å². The molecule has 2 N–H and O–H groups in total. The molecule has 0 aromatic heterocycles. The minimum Gasteiger partial charge on any atom is -0.393 e. The van der Waals surface area contributed by atoms with E-state index in [4.69, 9.17) is 18.0 Å². The third-order valence-electron chi connectivity index (χ3n) is 3.55. The van der Waals surface area contributed by atoms with Gasteiger partial charge in [-0.25, -0.2) is 0 Å². The molecule has 1 fully saturated rings. The summed E-state index contributed by atoms with van der Waals surface area (Å²) >= 11 is 5.03. The van der Waals surface area contributed by atoms with Crippen molar-refractivity contribution < 1.29 is 0 Å². The standard InChI is InChI=1S/C14H20N2S/c1-11-3-5-12(6-4-11)16(2)10-14(7-8-14)9-13(15)17/h3-6H,7-10H2,1-2H3,(H2,15,17). The van der Waals surface area contributed by atoms with Gasteiger partial charge >= 0.3 is 0 Å². The normalized spacial score (nSPS) is 16.6. The van der Waals surface area contributed by atoms with Crippen LogP contribution in [0.1, 0.15) is 24.8 Å². The van der Waals surface area contributed by atoms with Crippen molar-refractivity contribution in [3.63, 3.8) is 0 Å². The van der Waals surface area contributed by atoms with Crippen LogP contribution in [0.3, 0.4) is 0 Å². The molecule has 92 valence electrons. The van der Waals surface area contributed by atoms with Crippen molar-refractivity contribution >= 4 is 22.9 Å². The first kappa shape index (κ1) is 12.4. The van der Waals surface area contributed by atoms with Crippen molar-refractivity contribution in [2.24, 2.45) is 11.1 Å². The summed E-state index contributed by atoms with van der Waals surface area (Å²) < 4.78 is 0. The molecule has 1 aromatic carbocycles. The quantitative estimate of drug-likeness (QED) is 0.812. The Morgan fingerprint density at radius 1 is 1.35 bits per heavy atom. The van der Waals surface area contributed by atoms with Crippen molar-refractivity contribution in [1.82, 2.24) is 0 Å². The zero-order valence-electron chi connectivity index (χ0n) is 10.6. The molecule has 1 aromatic rings. The zero-order chi connectivity index (χ0) is 12.5. The van der Waals surface area contributed by atoms with E-state index < -0.39 is 0 Å². The number of aryl methyl sites for hydroxylation is 1. The molecule has 0 heterocycles. The highest BCUT2D eigenvalue weighted by atomic mass is 32.1. The van der Waals surface area contributed by atoms with Gasteiger partial charge in [-0.1, -0.05) is 29.9 Å². The van der Waals surface area contributed by atoms with E-state index in [-0.39, 0.29) is 0 Å². The molecule has 0 radical (unpaired) electrons. The first-order valence-electron chi connectivity index (χ1n) is 6.07. The Hall–Kier alpha value is -1.09. The second-order valence-electron chi connectivity index (χ2n) is 5.33. The van der Waals surface area contributed by atoms with Gasteiger partial charge in [0.25, 0.3) is 0 Å². The minimum absolute atomic E-state index is 0.353. The van der Waals surface area contributed by atoms with Gasteiger partial charge in [-0.3, -0.25) is 0 Å². The maximum atomic E-state index is 5.67. The van der Waals surface area contributed by atoms with Crippen LogP contribution >= 0.6 is 12.2 Å². The highest BCUT2D eigenvalue weighted by Crippen LogP contribution is 2.49. The summed E-state index contributed by atoms with van der Waals surface area (Å²) in [5.74, 6) is 0. The largest absolute Gasteiger partial charge is 0.393 e. The zero-order valence-corrected chi connectivity index (χ0v) is 11.4. The van der Waals surface area contributed by atoms with Gasteiger partial charge in [-0.05, 0) is 37.3 Å². The summed E-state index contributed by atoms with van der Waals surface area (Å²) in [7, 11) is 2.14. The Labute approximate surface area is 109 Å². The summed E-state index contributed by atoms with van der Waals surface area (Å²) in [5, 5.41) is 0. The first-order chi connectivity index (χ1) is 8.01. The number of hydrogen-bond acceptors (Lipinski definition) is 2. The average molecular weight is 248 g/mol. The van der Waals surface area contributed by atoms with Crippen molar-refractivity contribution in [2.45, 2.75) is 26.2 Å². The molecular weight excluding hydrogens is 228 g/mol. The summed E-state index contributed by atoms with van der Waals surface area (Å²) in [6.07, 6.45) is 3.39. The van der Waals surface area contributed by atoms with Crippen LogP contribution in [0.15, 0.2) is 24.3 Å². The van der Waals surface area contributed by atoms with Crippen LogP contribution < -0.4 is 10.6 Å². The van der Waals surface area contributed by atoms with E-state index in [0.29, 0.717) is 10.4 Å². The lowest BCUT2D eigenvalue weighted by atomic mass is 10.0. The first-order valence-corrected chi connectivity index (χ1v) is 6.48. The number of hydrogen-bond donors (Lipinski definition) is 1. The Morgan fingerprint density at radius 3 is 2.41 bits per heavy atom. The predicted octanol–water partition coefficient (Wildman–Crippen LogP) is 2.89. The number of thiocarbonyl (C=S) groups is 1. The van der Waals surface area contributed by atoms with E-state index in [2.05, 4.69) is 43.1 Å². The van der Waals surface area contributed by atoms with Gasteiger partial charge in [-0.2, -0.15) is 0 Å². The topological polar surface area (TPSA) is 29.3 Å². The van der Waals surface area contributed by atoms with Crippen LogP contribution in [0.2, 0.25) is 0 Å². The van der Waals surface area contributed by atoms with Crippen LogP contribution in [-0.2, 0) is 0 Å². The van der Waals surface area contributed by atoms with Crippen LogP contribution in [-0.4, -0.2) is 18.6 Å². The molecule has 0 spiro atoms. The SMILES string of the molecule is Cc1ccc(N(C)CC2(CC(N)=S)CC2)cc1. The highest BCUT2D eigenvalue weighted by molar-refractivity contribution is 7.80. The molecule has 0 bridgehead atoms. The molecule has 17 heavy (non-hydrogen) atoms. The summed E-state index contributed by atoms with van der Waals surface area (Å²) in [6, 6.07) is 8.65. The van der Waals surface area contributed by atoms with Crippen molar-refractivity contribution in [1.29, 1.82) is 0 Å². The second kappa shape index (κ2) is 4.65. The molecule has 0 atom stereocenters. The van der Waals surface area contributed by atoms with E-state index in [1.807, 2.05) is 0 Å². The molecule has 0 amide bonds. The number of nitrogens with zero attached hydrogens (tertiary/aromatic N) is 1. The van der Waals surface area contributed by atoms with E-state index in [1.54, 1.807) is 0 Å². The fraction of sp³-hybridized carbons (Fsp3) is 0.500. The molecule has 1 saturated carbocycles. The molecule has 2 rings (SSSR count). The molecule has 1 aliphatic carbocycles. The Morgan fingerprint density at radius 2 is 1.94 bits per heavy atom. The third kappa shape index (κ3) is 3.19. The molecule has 2 nitrogen and oxygen atoms in total. The highest BCUT2D eigenvalue weighted by Gasteiger charge is 2.43. The van der Waals surface area contributed by atoms with Crippen LogP contribution in [0, 0.1) is 12.3 Å². The monoisotopic (exact) mass is 248 g/mol. The van der Waals surface area contributed by atoms with E-state index >= 15 is 0 Å². The van der Waals surface area contributed by atoms with Gasteiger partial charge in [0.05, 0.1) is 4.99 Å². The molecule has 1 aliphatic rings. The van der Waals surface area contributed by atoms with Crippen LogP contribution in [0.4, 0.5) is 5.69 Å². The van der Waals surface area contributed by atoms with Gasteiger partial charge < -0.3 is 10.6 Å². The Balaban J connectivity index is 1.99. The average Bonchev–Trinajstić information content (AvgIpc) is 2.97. The Bertz CT molecular complexity index is 407. The molecule has 0 unspecified atom stereocenters. The number of rotatable bonds is 5. The van der Waals surface area contributed by atoms with Gasteiger partial charge in [0.1, 0.15) is 0 Å². The van der Waals surface area contributed by atoms with Gasteiger partial charge in [0.15, 0.2) is 0 Å². The molecule has 0 saturated heterocycles. The number of benzene rings is 1. The van der Waals surface area contributed by atoms with Crippen LogP contribution in [0.5, 0.6) is 0 Å². The summed E-state index contributed by atoms with van der Waals surface area (Å²) in [6.45, 7) is 3.16.